The van der Waals surface area contributed by atoms with Gasteiger partial charge in [-0.3, -0.25) is 9.59 Å². The van der Waals surface area contributed by atoms with Crippen LogP contribution < -0.4 is 10.6 Å². The Kier molecular flexibility index (Phi) is 5.52. The quantitative estimate of drug-likeness (QED) is 0.888. The van der Waals surface area contributed by atoms with Crippen molar-refractivity contribution in [2.45, 2.75) is 33.2 Å². The van der Waals surface area contributed by atoms with E-state index < -0.39 is 0 Å². The van der Waals surface area contributed by atoms with Crippen LogP contribution in [0.15, 0.2) is 48.5 Å². The maximum absolute atomic E-state index is 12.4. The Hall–Kier alpha value is -2.62. The topological polar surface area (TPSA) is 58.2 Å². The number of anilines is 1. The normalized spacial score (nSPS) is 11.6. The Morgan fingerprint density at radius 1 is 1.04 bits per heavy atom. The highest BCUT2D eigenvalue weighted by Gasteiger charge is 2.17. The molecular formula is C19H22N2O2. The second kappa shape index (κ2) is 7.58. The van der Waals surface area contributed by atoms with Gasteiger partial charge in [0.15, 0.2) is 0 Å². The van der Waals surface area contributed by atoms with Crippen LogP contribution in [0.4, 0.5) is 5.69 Å². The minimum atomic E-state index is -0.334. The predicted molar refractivity (Wildman–Crippen MR) is 92.2 cm³/mol. The maximum atomic E-state index is 12.4. The largest absolute Gasteiger partial charge is 0.349 e. The van der Waals surface area contributed by atoms with Gasteiger partial charge in [-0.15, -0.1) is 0 Å². The number of nitrogens with one attached hydrogen (secondary N) is 2. The van der Waals surface area contributed by atoms with Gasteiger partial charge in [-0.1, -0.05) is 42.5 Å². The highest BCUT2D eigenvalue weighted by atomic mass is 16.2. The maximum Gasteiger partial charge on any atom is 0.226 e. The van der Waals surface area contributed by atoms with E-state index in [4.69, 9.17) is 0 Å². The molecule has 0 heterocycles. The van der Waals surface area contributed by atoms with Crippen LogP contribution in [0.1, 0.15) is 36.1 Å². The Labute approximate surface area is 136 Å². The molecule has 2 aromatic carbocycles. The highest BCUT2D eigenvalue weighted by Crippen LogP contribution is 2.20. The second-order valence-corrected chi connectivity index (χ2v) is 5.73. The second-order valence-electron chi connectivity index (χ2n) is 5.73. The van der Waals surface area contributed by atoms with Gasteiger partial charge in [-0.25, -0.2) is 0 Å². The third-order valence-corrected chi connectivity index (χ3v) is 3.64. The Morgan fingerprint density at radius 2 is 1.74 bits per heavy atom. The molecule has 0 spiro atoms. The van der Waals surface area contributed by atoms with Crippen LogP contribution in [0, 0.1) is 13.8 Å². The lowest BCUT2D eigenvalue weighted by Crippen LogP contribution is -2.29. The molecule has 2 amide bonds. The summed E-state index contributed by atoms with van der Waals surface area (Å²) in [6.07, 6.45) is 0.191. The molecule has 4 heteroatoms. The summed E-state index contributed by atoms with van der Waals surface area (Å²) in [6.45, 7) is 5.40. The summed E-state index contributed by atoms with van der Waals surface area (Å²) >= 11 is 0. The molecule has 0 saturated heterocycles. The Morgan fingerprint density at radius 3 is 2.39 bits per heavy atom. The van der Waals surface area contributed by atoms with E-state index >= 15 is 0 Å². The van der Waals surface area contributed by atoms with Crippen molar-refractivity contribution in [2.24, 2.45) is 0 Å². The molecule has 1 atom stereocenters. The van der Waals surface area contributed by atoms with E-state index in [-0.39, 0.29) is 24.3 Å². The van der Waals surface area contributed by atoms with Gasteiger partial charge < -0.3 is 10.6 Å². The van der Waals surface area contributed by atoms with Crippen molar-refractivity contribution in [3.8, 4) is 0 Å². The van der Waals surface area contributed by atoms with Gasteiger partial charge in [-0.05, 0) is 36.6 Å². The van der Waals surface area contributed by atoms with E-state index in [1.165, 1.54) is 6.92 Å². The van der Waals surface area contributed by atoms with Gasteiger partial charge in [0.1, 0.15) is 0 Å². The molecule has 0 aromatic heterocycles. The molecule has 0 aliphatic rings. The van der Waals surface area contributed by atoms with Crippen LogP contribution in [-0.4, -0.2) is 11.8 Å². The van der Waals surface area contributed by atoms with Gasteiger partial charge >= 0.3 is 0 Å². The van der Waals surface area contributed by atoms with Crippen molar-refractivity contribution in [1.29, 1.82) is 0 Å². The van der Waals surface area contributed by atoms with Crippen molar-refractivity contribution in [2.75, 3.05) is 5.32 Å². The standard InChI is InChI=1S/C19H22N2O2/c1-13-9-10-14(2)17(11-13)21-19(23)12-18(20-15(3)22)16-7-5-4-6-8-16/h4-11,18H,12H2,1-3H3,(H,20,22)(H,21,23). The zero-order valence-electron chi connectivity index (χ0n) is 13.7. The average molecular weight is 310 g/mol. The van der Waals surface area contributed by atoms with Gasteiger partial charge in [-0.2, -0.15) is 0 Å². The van der Waals surface area contributed by atoms with Gasteiger partial charge in [0, 0.05) is 12.6 Å². The molecule has 0 aliphatic carbocycles. The number of aryl methyl sites for hydroxylation is 2. The molecule has 0 saturated carbocycles. The minimum Gasteiger partial charge on any atom is -0.349 e. The third kappa shape index (κ3) is 4.95. The van der Waals surface area contributed by atoms with E-state index in [2.05, 4.69) is 10.6 Å². The number of carbonyl (C=O) groups excluding carboxylic acids is 2. The molecule has 2 N–H and O–H groups in total. The van der Waals surface area contributed by atoms with Crippen LogP contribution in [-0.2, 0) is 9.59 Å². The van der Waals surface area contributed by atoms with Gasteiger partial charge in [0.05, 0.1) is 12.5 Å². The van der Waals surface area contributed by atoms with Crippen LogP contribution >= 0.6 is 0 Å². The molecule has 23 heavy (non-hydrogen) atoms. The summed E-state index contributed by atoms with van der Waals surface area (Å²) in [5, 5.41) is 5.77. The van der Waals surface area contributed by atoms with E-state index in [9.17, 15) is 9.59 Å². The molecule has 1 unspecified atom stereocenters. The van der Waals surface area contributed by atoms with E-state index in [1.54, 1.807) is 0 Å². The van der Waals surface area contributed by atoms with Crippen molar-refractivity contribution < 1.29 is 9.59 Å². The SMILES string of the molecule is CC(=O)NC(CC(=O)Nc1cc(C)ccc1C)c1ccccc1. The van der Waals surface area contributed by atoms with E-state index in [0.717, 1.165) is 22.4 Å². The predicted octanol–water partition coefficient (Wildman–Crippen LogP) is 3.51. The zero-order chi connectivity index (χ0) is 16.8. The van der Waals surface area contributed by atoms with Gasteiger partial charge in [0.25, 0.3) is 0 Å². The molecule has 2 rings (SSSR count). The fourth-order valence-electron chi connectivity index (χ4n) is 2.44. The number of benzene rings is 2. The number of rotatable bonds is 5. The molecule has 0 aliphatic heterocycles. The molecule has 0 fully saturated rings. The first kappa shape index (κ1) is 16.7. The van der Waals surface area contributed by atoms with Crippen molar-refractivity contribution >= 4 is 17.5 Å². The van der Waals surface area contributed by atoms with E-state index in [0.29, 0.717) is 0 Å². The first-order chi connectivity index (χ1) is 11.0. The Balaban J connectivity index is 2.11. The lowest BCUT2D eigenvalue weighted by molar-refractivity contribution is -0.120. The average Bonchev–Trinajstić information content (AvgIpc) is 2.51. The molecule has 0 radical (unpaired) electrons. The monoisotopic (exact) mass is 310 g/mol. The van der Waals surface area contributed by atoms with Crippen molar-refractivity contribution in [3.05, 3.63) is 65.2 Å². The fraction of sp³-hybridized carbons (Fsp3) is 0.263. The highest BCUT2D eigenvalue weighted by molar-refractivity contribution is 5.92. The number of carbonyl (C=O) groups is 2. The number of amides is 2. The van der Waals surface area contributed by atoms with E-state index in [1.807, 2.05) is 62.4 Å². The smallest absolute Gasteiger partial charge is 0.226 e. The molecular weight excluding hydrogens is 288 g/mol. The minimum absolute atomic E-state index is 0.124. The molecule has 0 bridgehead atoms. The number of hydrogen-bond donors (Lipinski definition) is 2. The summed E-state index contributed by atoms with van der Waals surface area (Å²) in [5.74, 6) is -0.278. The lowest BCUT2D eigenvalue weighted by Gasteiger charge is -2.18. The van der Waals surface area contributed by atoms with Crippen molar-refractivity contribution in [1.82, 2.24) is 5.32 Å². The van der Waals surface area contributed by atoms with Crippen LogP contribution in [0.2, 0.25) is 0 Å². The van der Waals surface area contributed by atoms with Crippen LogP contribution in [0.25, 0.3) is 0 Å². The molecule has 2 aromatic rings. The first-order valence-electron chi connectivity index (χ1n) is 7.65. The first-order valence-corrected chi connectivity index (χ1v) is 7.65. The van der Waals surface area contributed by atoms with Crippen LogP contribution in [0.5, 0.6) is 0 Å². The van der Waals surface area contributed by atoms with Crippen LogP contribution in [0.3, 0.4) is 0 Å². The lowest BCUT2D eigenvalue weighted by atomic mass is 10.0. The summed E-state index contributed by atoms with van der Waals surface area (Å²) < 4.78 is 0. The molecule has 4 nitrogen and oxygen atoms in total. The summed E-state index contributed by atoms with van der Waals surface area (Å²) in [4.78, 5) is 23.8. The molecule has 120 valence electrons. The summed E-state index contributed by atoms with van der Waals surface area (Å²) in [5.41, 5.74) is 3.83. The summed E-state index contributed by atoms with van der Waals surface area (Å²) in [6, 6.07) is 15.1. The van der Waals surface area contributed by atoms with Crippen molar-refractivity contribution in [3.63, 3.8) is 0 Å². The zero-order valence-corrected chi connectivity index (χ0v) is 13.7. The fourth-order valence-corrected chi connectivity index (χ4v) is 2.44. The third-order valence-electron chi connectivity index (χ3n) is 3.64. The number of hydrogen-bond acceptors (Lipinski definition) is 2. The van der Waals surface area contributed by atoms with Gasteiger partial charge in [0.2, 0.25) is 11.8 Å². The Bertz CT molecular complexity index is 696. The summed E-state index contributed by atoms with van der Waals surface area (Å²) in [7, 11) is 0.